The van der Waals surface area contributed by atoms with Crippen LogP contribution in [0.5, 0.6) is 17.2 Å². The Kier molecular flexibility index (Phi) is 11.8. The fourth-order valence-corrected chi connectivity index (χ4v) is 6.12. The Labute approximate surface area is 254 Å². The lowest BCUT2D eigenvalue weighted by molar-refractivity contribution is -0.140. The molecule has 0 aliphatic carbocycles. The van der Waals surface area contributed by atoms with Gasteiger partial charge in [0.15, 0.2) is 11.5 Å². The molecule has 3 aromatic carbocycles. The molecule has 1 N–H and O–H groups in total. The van der Waals surface area contributed by atoms with Crippen LogP contribution in [0.2, 0.25) is 0 Å². The summed E-state index contributed by atoms with van der Waals surface area (Å²) in [5.41, 5.74) is 2.06. The monoisotopic (exact) mass is 611 g/mol. The zero-order valence-corrected chi connectivity index (χ0v) is 26.4. The second-order valence-corrected chi connectivity index (χ2v) is 11.6. The highest BCUT2D eigenvalue weighted by atomic mass is 32.2. The van der Waals surface area contributed by atoms with Crippen molar-refractivity contribution < 1.29 is 32.2 Å². The number of hydrogen-bond acceptors (Lipinski definition) is 7. The lowest BCUT2D eigenvalue weighted by Gasteiger charge is -2.33. The molecule has 3 rings (SSSR count). The van der Waals surface area contributed by atoms with Crippen molar-refractivity contribution in [2.24, 2.45) is 0 Å². The quantitative estimate of drug-likeness (QED) is 0.268. The summed E-state index contributed by atoms with van der Waals surface area (Å²) >= 11 is 0. The maximum atomic E-state index is 14.2. The minimum Gasteiger partial charge on any atom is -0.494 e. The predicted molar refractivity (Wildman–Crippen MR) is 166 cm³/mol. The van der Waals surface area contributed by atoms with Crippen LogP contribution in [-0.4, -0.2) is 65.1 Å². The first kappa shape index (κ1) is 33.3. The van der Waals surface area contributed by atoms with Gasteiger partial charge in [-0.2, -0.15) is 0 Å². The first-order valence-corrected chi connectivity index (χ1v) is 15.6. The summed E-state index contributed by atoms with van der Waals surface area (Å²) in [6, 6.07) is 17.5. The summed E-state index contributed by atoms with van der Waals surface area (Å²) in [7, 11) is -1.43. The summed E-state index contributed by atoms with van der Waals surface area (Å²) < 4.78 is 45.6. The van der Waals surface area contributed by atoms with Gasteiger partial charge in [-0.25, -0.2) is 8.42 Å². The third-order valence-electron chi connectivity index (χ3n) is 7.00. The molecule has 0 aromatic heterocycles. The number of carbonyl (C=O) groups excluding carboxylic acids is 2. The van der Waals surface area contributed by atoms with E-state index in [1.165, 1.54) is 37.3 Å². The van der Waals surface area contributed by atoms with E-state index >= 15 is 0 Å². The highest BCUT2D eigenvalue weighted by molar-refractivity contribution is 7.92. The SMILES string of the molecule is CCNC(=O)[C@H](CC)N(Cc1ccccc1C)C(=O)CN(c1ccc(OCC)cc1)S(=O)(=O)c1ccc(OC)c(OC)c1. The van der Waals surface area contributed by atoms with Gasteiger partial charge in [-0.05, 0) is 74.7 Å². The number of nitrogens with zero attached hydrogens (tertiary/aromatic N) is 2. The standard InChI is InChI=1S/C32H41N3O7S/c1-7-28(32(37)33-8-2)34(21-24-13-11-10-12-23(24)4)31(36)22-35(25-14-16-26(17-15-25)42-9-3)43(38,39)27-18-19-29(40-5)30(20-27)41-6/h10-20,28H,7-9,21-22H2,1-6H3,(H,33,37)/t28-/m0/s1. The Morgan fingerprint density at radius 3 is 2.16 bits per heavy atom. The molecule has 232 valence electrons. The van der Waals surface area contributed by atoms with Gasteiger partial charge in [0.25, 0.3) is 10.0 Å². The topological polar surface area (TPSA) is 114 Å². The first-order chi connectivity index (χ1) is 20.6. The molecule has 2 amide bonds. The largest absolute Gasteiger partial charge is 0.494 e. The summed E-state index contributed by atoms with van der Waals surface area (Å²) in [6.45, 7) is 7.83. The average molecular weight is 612 g/mol. The van der Waals surface area contributed by atoms with Crippen LogP contribution >= 0.6 is 0 Å². The molecule has 0 fully saturated rings. The fraction of sp³-hybridized carbons (Fsp3) is 0.375. The van der Waals surface area contributed by atoms with E-state index in [0.29, 0.717) is 31.1 Å². The number of sulfonamides is 1. The van der Waals surface area contributed by atoms with E-state index in [9.17, 15) is 18.0 Å². The average Bonchev–Trinajstić information content (AvgIpc) is 3.00. The number of rotatable bonds is 15. The maximum Gasteiger partial charge on any atom is 0.264 e. The number of methoxy groups -OCH3 is 2. The molecule has 0 radical (unpaired) electrons. The fourth-order valence-electron chi connectivity index (χ4n) is 4.69. The number of ether oxygens (including phenoxy) is 3. The Bertz CT molecular complexity index is 1490. The van der Waals surface area contributed by atoms with Crippen molar-refractivity contribution in [3.05, 3.63) is 77.9 Å². The van der Waals surface area contributed by atoms with E-state index in [2.05, 4.69) is 5.32 Å². The molecule has 0 aliphatic heterocycles. The number of amides is 2. The van der Waals surface area contributed by atoms with Crippen LogP contribution in [0, 0.1) is 6.92 Å². The van der Waals surface area contributed by atoms with Crippen LogP contribution in [0.3, 0.4) is 0 Å². The van der Waals surface area contributed by atoms with Crippen molar-refractivity contribution in [1.29, 1.82) is 0 Å². The molecule has 0 saturated heterocycles. The van der Waals surface area contributed by atoms with Crippen molar-refractivity contribution in [2.45, 2.75) is 51.6 Å². The number of aryl methyl sites for hydroxylation is 1. The van der Waals surface area contributed by atoms with Crippen molar-refractivity contribution in [3.63, 3.8) is 0 Å². The van der Waals surface area contributed by atoms with Gasteiger partial charge in [0.2, 0.25) is 11.8 Å². The van der Waals surface area contributed by atoms with Crippen LogP contribution in [0.15, 0.2) is 71.6 Å². The maximum absolute atomic E-state index is 14.2. The number of anilines is 1. The van der Waals surface area contributed by atoms with Gasteiger partial charge in [-0.3, -0.25) is 13.9 Å². The number of hydrogen-bond donors (Lipinski definition) is 1. The van der Waals surface area contributed by atoms with Gasteiger partial charge in [0, 0.05) is 19.2 Å². The van der Waals surface area contributed by atoms with Gasteiger partial charge in [0.1, 0.15) is 18.3 Å². The van der Waals surface area contributed by atoms with Crippen molar-refractivity contribution in [1.82, 2.24) is 10.2 Å². The van der Waals surface area contributed by atoms with E-state index in [-0.39, 0.29) is 28.8 Å². The lowest BCUT2D eigenvalue weighted by Crippen LogP contribution is -2.52. The van der Waals surface area contributed by atoms with Crippen LogP contribution in [0.25, 0.3) is 0 Å². The molecule has 11 heteroatoms. The van der Waals surface area contributed by atoms with Crippen molar-refractivity contribution in [2.75, 3.05) is 38.2 Å². The lowest BCUT2D eigenvalue weighted by atomic mass is 10.1. The molecule has 0 bridgehead atoms. The molecular formula is C32H41N3O7S. The molecular weight excluding hydrogens is 570 g/mol. The molecule has 3 aromatic rings. The van der Waals surface area contributed by atoms with Crippen LogP contribution in [0.4, 0.5) is 5.69 Å². The Morgan fingerprint density at radius 2 is 1.58 bits per heavy atom. The van der Waals surface area contributed by atoms with Crippen LogP contribution in [-0.2, 0) is 26.2 Å². The number of nitrogens with one attached hydrogen (secondary N) is 1. The summed E-state index contributed by atoms with van der Waals surface area (Å²) in [6.07, 6.45) is 0.342. The summed E-state index contributed by atoms with van der Waals surface area (Å²) in [5, 5.41) is 2.81. The smallest absolute Gasteiger partial charge is 0.264 e. The van der Waals surface area contributed by atoms with Gasteiger partial charge >= 0.3 is 0 Å². The number of carbonyl (C=O) groups is 2. The van der Waals surface area contributed by atoms with Gasteiger partial charge in [-0.1, -0.05) is 31.2 Å². The number of likely N-dealkylation sites (N-methyl/N-ethyl adjacent to an activating group) is 1. The third-order valence-corrected chi connectivity index (χ3v) is 8.77. The van der Waals surface area contributed by atoms with Crippen LogP contribution in [0.1, 0.15) is 38.3 Å². The van der Waals surface area contributed by atoms with Crippen molar-refractivity contribution >= 4 is 27.5 Å². The molecule has 0 aliphatic rings. The molecule has 0 saturated carbocycles. The van der Waals surface area contributed by atoms with Gasteiger partial charge < -0.3 is 24.4 Å². The van der Waals surface area contributed by atoms with Crippen molar-refractivity contribution in [3.8, 4) is 17.2 Å². The first-order valence-electron chi connectivity index (χ1n) is 14.2. The molecule has 0 heterocycles. The number of benzene rings is 3. The highest BCUT2D eigenvalue weighted by Crippen LogP contribution is 2.33. The zero-order valence-electron chi connectivity index (χ0n) is 25.6. The van der Waals surface area contributed by atoms with E-state index in [1.807, 2.05) is 52.0 Å². The third kappa shape index (κ3) is 7.98. The minimum atomic E-state index is -4.30. The Balaban J connectivity index is 2.12. The molecule has 0 spiro atoms. The Hall–Kier alpha value is -4.25. The molecule has 10 nitrogen and oxygen atoms in total. The Morgan fingerprint density at radius 1 is 0.907 bits per heavy atom. The summed E-state index contributed by atoms with van der Waals surface area (Å²) in [4.78, 5) is 28.7. The van der Waals surface area contributed by atoms with Gasteiger partial charge in [-0.15, -0.1) is 0 Å². The second-order valence-electron chi connectivity index (χ2n) is 9.72. The predicted octanol–water partition coefficient (Wildman–Crippen LogP) is 4.55. The molecule has 43 heavy (non-hydrogen) atoms. The summed E-state index contributed by atoms with van der Waals surface area (Å²) in [5.74, 6) is 0.318. The highest BCUT2D eigenvalue weighted by Gasteiger charge is 2.34. The van der Waals surface area contributed by atoms with Crippen LogP contribution < -0.4 is 23.8 Å². The molecule has 0 unspecified atom stereocenters. The minimum absolute atomic E-state index is 0.0898. The van der Waals surface area contributed by atoms with E-state index in [1.54, 1.807) is 24.3 Å². The van der Waals surface area contributed by atoms with E-state index < -0.39 is 28.5 Å². The van der Waals surface area contributed by atoms with Gasteiger partial charge in [0.05, 0.1) is 31.4 Å². The van der Waals surface area contributed by atoms with E-state index in [4.69, 9.17) is 14.2 Å². The molecule has 1 atom stereocenters. The second kappa shape index (κ2) is 15.3. The van der Waals surface area contributed by atoms with E-state index in [0.717, 1.165) is 15.4 Å². The normalized spacial score (nSPS) is 11.8. The zero-order chi connectivity index (χ0) is 31.6.